The van der Waals surface area contributed by atoms with Gasteiger partial charge in [0.15, 0.2) is 0 Å². The van der Waals surface area contributed by atoms with Crippen LogP contribution in [-0.2, 0) is 9.53 Å². The maximum atomic E-state index is 11.9. The van der Waals surface area contributed by atoms with Crippen LogP contribution in [0.25, 0.3) is 6.08 Å². The number of esters is 1. The van der Waals surface area contributed by atoms with Crippen molar-refractivity contribution >= 4 is 23.8 Å². The lowest BCUT2D eigenvalue weighted by molar-refractivity contribution is -0.147. The minimum Gasteiger partial charge on any atom is -0.465 e. The van der Waals surface area contributed by atoms with Crippen molar-refractivity contribution in [1.29, 1.82) is 0 Å². The Balaban J connectivity index is 2.82. The smallest absolute Gasteiger partial charge is 0.324 e. The number of thioether (sulfide) groups is 1. The summed E-state index contributed by atoms with van der Waals surface area (Å²) in [7, 11) is 0. The lowest BCUT2D eigenvalue weighted by Crippen LogP contribution is -2.43. The highest BCUT2D eigenvalue weighted by Crippen LogP contribution is 2.29. The van der Waals surface area contributed by atoms with Gasteiger partial charge in [-0.2, -0.15) is 0 Å². The van der Waals surface area contributed by atoms with Crippen LogP contribution in [0.1, 0.15) is 19.4 Å². The van der Waals surface area contributed by atoms with Crippen LogP contribution in [-0.4, -0.2) is 34.8 Å². The van der Waals surface area contributed by atoms with Crippen LogP contribution in [0, 0.1) is 0 Å². The number of hydrogen-bond acceptors (Lipinski definition) is 4. The number of hydrogen-bond donors (Lipinski definition) is 1. The van der Waals surface area contributed by atoms with Crippen LogP contribution in [0.4, 0.5) is 0 Å². The fourth-order valence-electron chi connectivity index (χ4n) is 1.55. The molecular weight excluding hydrogens is 260 g/mol. The van der Waals surface area contributed by atoms with E-state index in [1.165, 1.54) is 11.8 Å². The maximum Gasteiger partial charge on any atom is 0.324 e. The van der Waals surface area contributed by atoms with Crippen molar-refractivity contribution < 1.29 is 14.6 Å². The summed E-state index contributed by atoms with van der Waals surface area (Å²) in [4.78, 5) is 11.9. The zero-order valence-corrected chi connectivity index (χ0v) is 12.3. The van der Waals surface area contributed by atoms with Crippen LogP contribution in [0.5, 0.6) is 0 Å². The summed E-state index contributed by atoms with van der Waals surface area (Å²) in [6.45, 7) is 3.75. The molecule has 0 unspecified atom stereocenters. The molecule has 0 aliphatic carbocycles. The molecule has 0 fully saturated rings. The molecule has 0 amide bonds. The molecule has 0 bridgehead atoms. The zero-order chi connectivity index (χ0) is 14.3. The van der Waals surface area contributed by atoms with Crippen molar-refractivity contribution in [3.05, 3.63) is 42.0 Å². The molecule has 2 atom stereocenters. The van der Waals surface area contributed by atoms with Crippen molar-refractivity contribution in [3.8, 4) is 0 Å². The lowest BCUT2D eigenvalue weighted by atomic mass is 10.0. The van der Waals surface area contributed by atoms with Crippen molar-refractivity contribution in [3.63, 3.8) is 0 Å². The van der Waals surface area contributed by atoms with Crippen LogP contribution in [0.2, 0.25) is 0 Å². The molecule has 0 aliphatic heterocycles. The van der Waals surface area contributed by atoms with Crippen molar-refractivity contribution in [2.75, 3.05) is 12.9 Å². The standard InChI is InChI=1S/C15H20O3S/c1-4-18-14(17)15(2,19-3)13(16)11-10-12-8-6-5-7-9-12/h5-11,13,16H,4H2,1-3H3/b11-10+/t13-,15+/m1/s1. The highest BCUT2D eigenvalue weighted by molar-refractivity contribution is 8.00. The number of aliphatic hydroxyl groups excluding tert-OH is 1. The number of carbonyl (C=O) groups excluding carboxylic acids is 1. The van der Waals surface area contributed by atoms with Gasteiger partial charge in [0, 0.05) is 0 Å². The van der Waals surface area contributed by atoms with E-state index in [-0.39, 0.29) is 0 Å². The summed E-state index contributed by atoms with van der Waals surface area (Å²) in [6.07, 6.45) is 4.32. The van der Waals surface area contributed by atoms with Gasteiger partial charge in [-0.15, -0.1) is 11.8 Å². The Labute approximate surface area is 118 Å². The fraction of sp³-hybridized carbons (Fsp3) is 0.400. The molecule has 1 N–H and O–H groups in total. The summed E-state index contributed by atoms with van der Waals surface area (Å²) in [5, 5.41) is 10.2. The Morgan fingerprint density at radius 2 is 2.11 bits per heavy atom. The number of carbonyl (C=O) groups is 1. The average Bonchev–Trinajstić information content (AvgIpc) is 2.45. The summed E-state index contributed by atoms with van der Waals surface area (Å²) >= 11 is 1.29. The van der Waals surface area contributed by atoms with Crippen LogP contribution in [0.15, 0.2) is 36.4 Å². The Bertz CT molecular complexity index is 430. The SMILES string of the molecule is CCOC(=O)[C@@](C)(SC)[C@H](O)/C=C/c1ccccc1. The van der Waals surface area contributed by atoms with Gasteiger partial charge >= 0.3 is 5.97 Å². The number of rotatable bonds is 6. The predicted molar refractivity (Wildman–Crippen MR) is 80.0 cm³/mol. The van der Waals surface area contributed by atoms with Gasteiger partial charge in [-0.25, -0.2) is 0 Å². The van der Waals surface area contributed by atoms with E-state index >= 15 is 0 Å². The van der Waals surface area contributed by atoms with Gasteiger partial charge in [0.1, 0.15) is 4.75 Å². The van der Waals surface area contributed by atoms with Gasteiger partial charge < -0.3 is 9.84 Å². The number of ether oxygens (including phenoxy) is 1. The minimum absolute atomic E-state index is 0.310. The Morgan fingerprint density at radius 1 is 1.47 bits per heavy atom. The molecule has 0 aromatic heterocycles. The lowest BCUT2D eigenvalue weighted by Gasteiger charge is -2.28. The molecule has 0 radical (unpaired) electrons. The molecule has 1 aromatic rings. The average molecular weight is 280 g/mol. The normalized spacial score (nSPS) is 16.0. The van der Waals surface area contributed by atoms with Gasteiger partial charge in [0.25, 0.3) is 0 Å². The molecule has 4 heteroatoms. The third kappa shape index (κ3) is 4.11. The van der Waals surface area contributed by atoms with E-state index in [2.05, 4.69) is 0 Å². The van der Waals surface area contributed by atoms with Crippen LogP contribution >= 0.6 is 11.8 Å². The van der Waals surface area contributed by atoms with Crippen molar-refractivity contribution in [2.24, 2.45) is 0 Å². The highest BCUT2D eigenvalue weighted by atomic mass is 32.2. The molecule has 1 rings (SSSR count). The second-order valence-electron chi connectivity index (χ2n) is 4.25. The Morgan fingerprint density at radius 3 is 2.63 bits per heavy atom. The van der Waals surface area contributed by atoms with Gasteiger partial charge in [0.2, 0.25) is 0 Å². The molecule has 0 saturated carbocycles. The van der Waals surface area contributed by atoms with E-state index in [0.717, 1.165) is 5.56 Å². The maximum absolute atomic E-state index is 11.9. The highest BCUT2D eigenvalue weighted by Gasteiger charge is 2.40. The first kappa shape index (κ1) is 15.8. The summed E-state index contributed by atoms with van der Waals surface area (Å²) in [5.41, 5.74) is 0.980. The molecule has 0 heterocycles. The van der Waals surface area contributed by atoms with Gasteiger partial charge in [0.05, 0.1) is 12.7 Å². The second-order valence-corrected chi connectivity index (χ2v) is 5.50. The van der Waals surface area contributed by atoms with E-state index in [1.54, 1.807) is 32.3 Å². The van der Waals surface area contributed by atoms with E-state index in [4.69, 9.17) is 4.74 Å². The predicted octanol–water partition coefficient (Wildman–Crippen LogP) is 2.75. The molecule has 1 aromatic carbocycles. The van der Waals surface area contributed by atoms with Crippen molar-refractivity contribution in [2.45, 2.75) is 24.7 Å². The van der Waals surface area contributed by atoms with E-state index in [1.807, 2.05) is 30.3 Å². The first-order valence-electron chi connectivity index (χ1n) is 6.18. The van der Waals surface area contributed by atoms with Crippen molar-refractivity contribution in [1.82, 2.24) is 0 Å². The van der Waals surface area contributed by atoms with E-state index in [0.29, 0.717) is 6.61 Å². The van der Waals surface area contributed by atoms with Crippen LogP contribution in [0.3, 0.4) is 0 Å². The number of aliphatic hydroxyl groups is 1. The van der Waals surface area contributed by atoms with Crippen LogP contribution < -0.4 is 0 Å². The molecule has 0 spiro atoms. The third-order valence-electron chi connectivity index (χ3n) is 2.94. The van der Waals surface area contributed by atoms with E-state index < -0.39 is 16.8 Å². The molecule has 19 heavy (non-hydrogen) atoms. The largest absolute Gasteiger partial charge is 0.465 e. The second kappa shape index (κ2) is 7.36. The molecule has 3 nitrogen and oxygen atoms in total. The molecular formula is C15H20O3S. The quantitative estimate of drug-likeness (QED) is 0.814. The van der Waals surface area contributed by atoms with Gasteiger partial charge in [-0.05, 0) is 25.7 Å². The monoisotopic (exact) mass is 280 g/mol. The minimum atomic E-state index is -0.985. The topological polar surface area (TPSA) is 46.5 Å². The first-order chi connectivity index (χ1) is 9.04. The summed E-state index contributed by atoms with van der Waals surface area (Å²) in [6, 6.07) is 9.64. The summed E-state index contributed by atoms with van der Waals surface area (Å²) < 4.78 is 4.03. The molecule has 0 saturated heterocycles. The first-order valence-corrected chi connectivity index (χ1v) is 7.40. The Hall–Kier alpha value is -1.26. The van der Waals surface area contributed by atoms with Gasteiger partial charge in [-0.3, -0.25) is 4.79 Å². The number of benzene rings is 1. The summed E-state index contributed by atoms with van der Waals surface area (Å²) in [5.74, 6) is -0.396. The molecule has 104 valence electrons. The van der Waals surface area contributed by atoms with Gasteiger partial charge in [-0.1, -0.05) is 42.5 Å². The zero-order valence-electron chi connectivity index (χ0n) is 11.5. The Kier molecular flexibility index (Phi) is 6.12. The third-order valence-corrected chi connectivity index (χ3v) is 4.20. The van der Waals surface area contributed by atoms with E-state index in [9.17, 15) is 9.90 Å². The molecule has 0 aliphatic rings. The fourth-order valence-corrected chi connectivity index (χ4v) is 2.09.